The van der Waals surface area contributed by atoms with E-state index in [1.807, 2.05) is 30.3 Å². The molecule has 0 bridgehead atoms. The van der Waals surface area contributed by atoms with E-state index in [1.165, 1.54) is 10.9 Å². The zero-order valence-corrected chi connectivity index (χ0v) is 14.1. The first kappa shape index (κ1) is 17.4. The van der Waals surface area contributed by atoms with Crippen LogP contribution in [0.2, 0.25) is 0 Å². The summed E-state index contributed by atoms with van der Waals surface area (Å²) >= 11 is 0. The van der Waals surface area contributed by atoms with Crippen LogP contribution in [0.5, 0.6) is 0 Å². The van der Waals surface area contributed by atoms with E-state index in [2.05, 4.69) is 26.8 Å². The van der Waals surface area contributed by atoms with Crippen molar-refractivity contribution in [2.45, 2.75) is 24.5 Å². The van der Waals surface area contributed by atoms with Crippen LogP contribution in [0.1, 0.15) is 17.6 Å². The maximum atomic E-state index is 10.4. The number of nitrogens with two attached hydrogens (primary N) is 1. The first-order valence-electron chi connectivity index (χ1n) is 8.28. The van der Waals surface area contributed by atoms with Gasteiger partial charge in [0.05, 0.1) is 6.61 Å². The van der Waals surface area contributed by atoms with Crippen LogP contribution in [0.3, 0.4) is 0 Å². The Hall–Kier alpha value is -3.03. The smallest absolute Gasteiger partial charge is 0.190 e. The summed E-state index contributed by atoms with van der Waals surface area (Å²) in [4.78, 5) is 12.5. The second-order valence-electron chi connectivity index (χ2n) is 6.08. The van der Waals surface area contributed by atoms with Gasteiger partial charge in [-0.3, -0.25) is 4.57 Å². The maximum Gasteiger partial charge on any atom is 0.190 e. The Morgan fingerprint density at radius 1 is 1.11 bits per heavy atom. The van der Waals surface area contributed by atoms with Crippen molar-refractivity contribution in [3.63, 3.8) is 0 Å². The summed E-state index contributed by atoms with van der Waals surface area (Å²) in [7, 11) is 0. The molecule has 2 aromatic heterocycles. The topological polar surface area (TPSA) is 140 Å². The fourth-order valence-electron chi connectivity index (χ4n) is 3.00. The SMILES string of the molecule is Nc1ncnc2c1nc(C#Cc1ccccc1)n2C1OC(CO)C(O)C1O. The number of anilines is 1. The van der Waals surface area contributed by atoms with Crippen molar-refractivity contribution in [1.82, 2.24) is 19.5 Å². The van der Waals surface area contributed by atoms with Gasteiger partial charge in [-0.15, -0.1) is 0 Å². The third-order valence-corrected chi connectivity index (χ3v) is 4.37. The minimum Gasteiger partial charge on any atom is -0.394 e. The summed E-state index contributed by atoms with van der Waals surface area (Å²) in [5.41, 5.74) is 7.29. The van der Waals surface area contributed by atoms with E-state index in [4.69, 9.17) is 10.5 Å². The normalized spacial score (nSPS) is 24.7. The van der Waals surface area contributed by atoms with Gasteiger partial charge in [0.25, 0.3) is 0 Å². The Morgan fingerprint density at radius 3 is 2.59 bits per heavy atom. The van der Waals surface area contributed by atoms with Crippen LogP contribution >= 0.6 is 0 Å². The van der Waals surface area contributed by atoms with Crippen LogP contribution in [0.4, 0.5) is 5.82 Å². The van der Waals surface area contributed by atoms with Crippen LogP contribution in [0.25, 0.3) is 11.2 Å². The number of aromatic nitrogens is 4. The number of rotatable bonds is 2. The third kappa shape index (κ3) is 3.01. The highest BCUT2D eigenvalue weighted by Gasteiger charge is 2.44. The Bertz CT molecular complexity index is 1030. The van der Waals surface area contributed by atoms with Crippen LogP contribution in [0, 0.1) is 11.8 Å². The number of nitrogen functional groups attached to an aromatic ring is 1. The molecule has 5 N–H and O–H groups in total. The van der Waals surface area contributed by atoms with Crippen molar-refractivity contribution >= 4 is 17.0 Å². The van der Waals surface area contributed by atoms with E-state index in [-0.39, 0.29) is 11.6 Å². The Kier molecular flexibility index (Phi) is 4.47. The van der Waals surface area contributed by atoms with Crippen LogP contribution < -0.4 is 5.73 Å². The highest BCUT2D eigenvalue weighted by molar-refractivity contribution is 5.82. The van der Waals surface area contributed by atoms with Gasteiger partial charge in [0.15, 0.2) is 29.0 Å². The molecule has 0 amide bonds. The average molecular weight is 367 g/mol. The molecule has 0 saturated carbocycles. The van der Waals surface area contributed by atoms with Gasteiger partial charge in [0, 0.05) is 5.56 Å². The van der Waals surface area contributed by atoms with Gasteiger partial charge >= 0.3 is 0 Å². The van der Waals surface area contributed by atoms with Crippen molar-refractivity contribution < 1.29 is 20.1 Å². The molecule has 1 aromatic carbocycles. The zero-order valence-electron chi connectivity index (χ0n) is 14.1. The highest BCUT2D eigenvalue weighted by atomic mass is 16.6. The number of aliphatic hydroxyl groups excluding tert-OH is 3. The molecule has 0 spiro atoms. The number of imidazole rings is 1. The molecular formula is C18H17N5O4. The molecule has 4 rings (SSSR count). The second-order valence-corrected chi connectivity index (χ2v) is 6.08. The zero-order chi connectivity index (χ0) is 19.0. The number of hydrogen-bond donors (Lipinski definition) is 4. The molecule has 1 fully saturated rings. The van der Waals surface area contributed by atoms with Crippen LogP contribution in [0.15, 0.2) is 36.7 Å². The van der Waals surface area contributed by atoms with Crippen molar-refractivity contribution in [3.8, 4) is 11.8 Å². The second kappa shape index (κ2) is 6.94. The predicted octanol–water partition coefficient (Wildman–Crippen LogP) is -0.580. The lowest BCUT2D eigenvalue weighted by molar-refractivity contribution is -0.0514. The van der Waals surface area contributed by atoms with Gasteiger partial charge in [-0.1, -0.05) is 24.1 Å². The lowest BCUT2D eigenvalue weighted by Gasteiger charge is -2.17. The van der Waals surface area contributed by atoms with E-state index >= 15 is 0 Å². The summed E-state index contributed by atoms with van der Waals surface area (Å²) in [6.07, 6.45) is -3.25. The van der Waals surface area contributed by atoms with Gasteiger partial charge in [0.2, 0.25) is 0 Å². The van der Waals surface area contributed by atoms with E-state index in [0.717, 1.165) is 5.56 Å². The van der Waals surface area contributed by atoms with Crippen LogP contribution in [-0.2, 0) is 4.74 Å². The molecule has 1 saturated heterocycles. The highest BCUT2D eigenvalue weighted by Crippen LogP contribution is 2.33. The monoisotopic (exact) mass is 367 g/mol. The molecule has 0 radical (unpaired) electrons. The fraction of sp³-hybridized carbons (Fsp3) is 0.278. The first-order valence-corrected chi connectivity index (χ1v) is 8.28. The summed E-state index contributed by atoms with van der Waals surface area (Å²) < 4.78 is 7.09. The molecule has 9 nitrogen and oxygen atoms in total. The summed E-state index contributed by atoms with van der Waals surface area (Å²) in [6.45, 7) is -0.441. The molecule has 1 aliphatic heterocycles. The molecule has 0 aliphatic carbocycles. The van der Waals surface area contributed by atoms with Crippen molar-refractivity contribution in [3.05, 3.63) is 48.0 Å². The molecule has 4 unspecified atom stereocenters. The van der Waals surface area contributed by atoms with Crippen molar-refractivity contribution in [2.75, 3.05) is 12.3 Å². The van der Waals surface area contributed by atoms with E-state index in [9.17, 15) is 15.3 Å². The minimum atomic E-state index is -1.30. The molecule has 9 heteroatoms. The van der Waals surface area contributed by atoms with E-state index in [0.29, 0.717) is 11.2 Å². The number of ether oxygens (including phenoxy) is 1. The molecule has 3 aromatic rings. The number of nitrogens with zero attached hydrogens (tertiary/aromatic N) is 4. The lowest BCUT2D eigenvalue weighted by Crippen LogP contribution is -2.33. The number of benzene rings is 1. The Morgan fingerprint density at radius 2 is 1.89 bits per heavy atom. The Balaban J connectivity index is 1.86. The molecule has 27 heavy (non-hydrogen) atoms. The molecule has 138 valence electrons. The molecule has 4 atom stereocenters. The molecular weight excluding hydrogens is 350 g/mol. The van der Waals surface area contributed by atoms with E-state index in [1.54, 1.807) is 0 Å². The maximum absolute atomic E-state index is 10.4. The third-order valence-electron chi connectivity index (χ3n) is 4.37. The summed E-state index contributed by atoms with van der Waals surface area (Å²) in [6, 6.07) is 9.31. The number of fused-ring (bicyclic) bond motifs is 1. The van der Waals surface area contributed by atoms with Crippen molar-refractivity contribution in [2.24, 2.45) is 0 Å². The summed E-state index contributed by atoms with van der Waals surface area (Å²) in [5, 5.41) is 29.9. The number of hydrogen-bond acceptors (Lipinski definition) is 8. The Labute approximate surface area is 154 Å². The summed E-state index contributed by atoms with van der Waals surface area (Å²) in [5.74, 6) is 6.33. The largest absolute Gasteiger partial charge is 0.394 e. The number of aliphatic hydroxyl groups is 3. The van der Waals surface area contributed by atoms with Gasteiger partial charge in [-0.25, -0.2) is 15.0 Å². The standard InChI is InChI=1S/C18H17N5O4/c19-16-13-17(21-9-20-16)23(18-15(26)14(25)11(8-24)27-18)12(22-13)7-6-10-4-2-1-3-5-10/h1-5,9,11,14-15,18,24-26H,8H2,(H2,19,20,21). The van der Waals surface area contributed by atoms with Gasteiger partial charge in [0.1, 0.15) is 24.6 Å². The van der Waals surface area contributed by atoms with Crippen LogP contribution in [-0.4, -0.2) is 59.8 Å². The quantitative estimate of drug-likeness (QED) is 0.441. The average Bonchev–Trinajstić information content (AvgIpc) is 3.19. The fourth-order valence-corrected chi connectivity index (χ4v) is 3.00. The van der Waals surface area contributed by atoms with Gasteiger partial charge in [-0.05, 0) is 18.1 Å². The minimum absolute atomic E-state index is 0.160. The van der Waals surface area contributed by atoms with Gasteiger partial charge in [-0.2, -0.15) is 0 Å². The van der Waals surface area contributed by atoms with E-state index < -0.39 is 31.1 Å². The predicted molar refractivity (Wildman–Crippen MR) is 95.2 cm³/mol. The lowest BCUT2D eigenvalue weighted by atomic mass is 10.1. The van der Waals surface area contributed by atoms with Crippen molar-refractivity contribution in [1.29, 1.82) is 0 Å². The molecule has 1 aliphatic rings. The van der Waals surface area contributed by atoms with Gasteiger partial charge < -0.3 is 25.8 Å². The first-order chi connectivity index (χ1) is 13.1. The molecule has 3 heterocycles.